The lowest BCUT2D eigenvalue weighted by atomic mass is 9.87. The highest BCUT2D eigenvalue weighted by molar-refractivity contribution is 5.78. The Balaban J connectivity index is 2.00. The van der Waals surface area contributed by atoms with Gasteiger partial charge in [-0.25, -0.2) is 5.01 Å². The van der Waals surface area contributed by atoms with Crippen LogP contribution in [0.3, 0.4) is 0 Å². The van der Waals surface area contributed by atoms with E-state index < -0.39 is 0 Å². The predicted octanol–water partition coefficient (Wildman–Crippen LogP) is 2.38. The van der Waals surface area contributed by atoms with Gasteiger partial charge in [0.2, 0.25) is 5.91 Å². The normalized spacial score (nSPS) is 28.6. The van der Waals surface area contributed by atoms with Crippen LogP contribution in [0.5, 0.6) is 0 Å². The second kappa shape index (κ2) is 4.25. The van der Waals surface area contributed by atoms with E-state index in [9.17, 15) is 4.79 Å². The van der Waals surface area contributed by atoms with Crippen LogP contribution in [-0.4, -0.2) is 29.0 Å². The molecule has 1 amide bonds. The van der Waals surface area contributed by atoms with Crippen molar-refractivity contribution in [2.24, 2.45) is 5.92 Å². The highest BCUT2D eigenvalue weighted by Crippen LogP contribution is 2.40. The Kier molecular flexibility index (Phi) is 2.71. The molecule has 3 nitrogen and oxygen atoms in total. The molecule has 0 aromatic heterocycles. The number of benzene rings is 1. The van der Waals surface area contributed by atoms with Gasteiger partial charge in [0, 0.05) is 18.9 Å². The molecule has 0 aliphatic carbocycles. The number of hydrogen-bond donors (Lipinski definition) is 0. The Morgan fingerprint density at radius 3 is 2.72 bits per heavy atom. The average molecular weight is 242 g/mol. The number of hydrazine groups is 1. The molecule has 1 aromatic carbocycles. The van der Waals surface area contributed by atoms with Crippen LogP contribution in [-0.2, 0) is 4.79 Å². The summed E-state index contributed by atoms with van der Waals surface area (Å²) in [5, 5.41) is 4.09. The Morgan fingerprint density at radius 2 is 2.00 bits per heavy atom. The van der Waals surface area contributed by atoms with Gasteiger partial charge in [-0.05, 0) is 5.56 Å². The number of carbonyl (C=O) groups is 1. The lowest BCUT2D eigenvalue weighted by Gasteiger charge is -2.44. The van der Waals surface area contributed by atoms with Crippen molar-refractivity contribution >= 4 is 5.91 Å². The minimum atomic E-state index is 0.226. The van der Waals surface area contributed by atoms with Gasteiger partial charge < -0.3 is 0 Å². The summed E-state index contributed by atoms with van der Waals surface area (Å²) < 4.78 is 0. The third-order valence-corrected chi connectivity index (χ3v) is 4.09. The topological polar surface area (TPSA) is 23.6 Å². The van der Waals surface area contributed by atoms with Crippen molar-refractivity contribution < 1.29 is 4.79 Å². The van der Waals surface area contributed by atoms with Crippen LogP contribution in [0.15, 0.2) is 42.5 Å². The van der Waals surface area contributed by atoms with Gasteiger partial charge >= 0.3 is 0 Å². The molecule has 0 radical (unpaired) electrons. The lowest BCUT2D eigenvalue weighted by molar-refractivity contribution is -0.144. The van der Waals surface area contributed by atoms with E-state index in [2.05, 4.69) is 42.8 Å². The fraction of sp³-hybridized carbons (Fsp3) is 0.400. The first-order valence-corrected chi connectivity index (χ1v) is 6.48. The Bertz CT molecular complexity index is 483. The summed E-state index contributed by atoms with van der Waals surface area (Å²) in [4.78, 5) is 11.9. The third-order valence-electron chi connectivity index (χ3n) is 4.09. The number of rotatable bonds is 1. The van der Waals surface area contributed by atoms with Crippen LogP contribution >= 0.6 is 0 Å². The molecule has 2 aliphatic heterocycles. The largest absolute Gasteiger partial charge is 0.273 e. The van der Waals surface area contributed by atoms with Crippen molar-refractivity contribution in [2.45, 2.75) is 19.4 Å². The number of hydrogen-bond acceptors (Lipinski definition) is 2. The Morgan fingerprint density at radius 1 is 1.28 bits per heavy atom. The number of nitrogens with zero attached hydrogens (tertiary/aromatic N) is 2. The molecule has 2 fully saturated rings. The quantitative estimate of drug-likeness (QED) is 0.706. The molecular weight excluding hydrogens is 224 g/mol. The monoisotopic (exact) mass is 242 g/mol. The molecule has 2 heterocycles. The smallest absolute Gasteiger partial charge is 0.238 e. The number of amides is 1. The summed E-state index contributed by atoms with van der Waals surface area (Å²) in [6.07, 6.45) is 0.628. The van der Waals surface area contributed by atoms with Crippen LogP contribution in [0.1, 0.15) is 24.9 Å². The summed E-state index contributed by atoms with van der Waals surface area (Å²) in [5.74, 6) is 0.610. The molecule has 0 saturated carbocycles. The van der Waals surface area contributed by atoms with Crippen molar-refractivity contribution in [3.8, 4) is 0 Å². The number of fused-ring (bicyclic) bond motifs is 1. The molecule has 2 aliphatic rings. The van der Waals surface area contributed by atoms with E-state index in [1.165, 1.54) is 5.56 Å². The van der Waals surface area contributed by atoms with E-state index in [4.69, 9.17) is 0 Å². The predicted molar refractivity (Wildman–Crippen MR) is 70.5 cm³/mol. The Hall–Kier alpha value is -1.61. The van der Waals surface area contributed by atoms with Crippen LogP contribution < -0.4 is 0 Å². The van der Waals surface area contributed by atoms with Gasteiger partial charge in [-0.3, -0.25) is 9.80 Å². The second-order valence-corrected chi connectivity index (χ2v) is 5.17. The Labute approximate surface area is 108 Å². The summed E-state index contributed by atoms with van der Waals surface area (Å²) in [5.41, 5.74) is 2.42. The van der Waals surface area contributed by atoms with Crippen LogP contribution in [0.25, 0.3) is 0 Å². The second-order valence-electron chi connectivity index (χ2n) is 5.17. The van der Waals surface area contributed by atoms with Crippen LogP contribution in [0.4, 0.5) is 0 Å². The molecule has 0 spiro atoms. The van der Waals surface area contributed by atoms with E-state index in [0.29, 0.717) is 18.9 Å². The van der Waals surface area contributed by atoms with Gasteiger partial charge in [-0.2, -0.15) is 0 Å². The maximum Gasteiger partial charge on any atom is 0.238 e. The molecule has 2 atom stereocenters. The highest BCUT2D eigenvalue weighted by Gasteiger charge is 2.42. The molecule has 1 aromatic rings. The van der Waals surface area contributed by atoms with E-state index >= 15 is 0 Å². The van der Waals surface area contributed by atoms with E-state index in [1.54, 1.807) is 0 Å². The van der Waals surface area contributed by atoms with Gasteiger partial charge in [-0.1, -0.05) is 49.4 Å². The molecule has 94 valence electrons. The summed E-state index contributed by atoms with van der Waals surface area (Å²) >= 11 is 0. The van der Waals surface area contributed by atoms with Crippen molar-refractivity contribution in [1.82, 2.24) is 10.0 Å². The van der Waals surface area contributed by atoms with Gasteiger partial charge in [0.15, 0.2) is 0 Å². The minimum absolute atomic E-state index is 0.226. The van der Waals surface area contributed by atoms with Crippen LogP contribution in [0.2, 0.25) is 0 Å². The lowest BCUT2D eigenvalue weighted by Crippen LogP contribution is -2.49. The third kappa shape index (κ3) is 1.66. The first-order chi connectivity index (χ1) is 8.68. The van der Waals surface area contributed by atoms with Crippen molar-refractivity contribution in [2.75, 3.05) is 13.1 Å². The maximum absolute atomic E-state index is 11.9. The molecule has 0 bridgehead atoms. The SMILES string of the molecule is C=C1CN2C(=O)CCN2C(c2ccccc2)C1C. The molecule has 18 heavy (non-hydrogen) atoms. The fourth-order valence-electron chi connectivity index (χ4n) is 3.00. The molecule has 2 unspecified atom stereocenters. The number of carbonyl (C=O) groups excluding carboxylic acids is 1. The van der Waals surface area contributed by atoms with E-state index in [0.717, 1.165) is 12.1 Å². The first kappa shape index (κ1) is 11.5. The minimum Gasteiger partial charge on any atom is -0.273 e. The zero-order chi connectivity index (χ0) is 12.7. The molecule has 3 rings (SSSR count). The van der Waals surface area contributed by atoms with Gasteiger partial charge in [0.05, 0.1) is 12.6 Å². The van der Waals surface area contributed by atoms with Crippen molar-refractivity contribution in [3.63, 3.8) is 0 Å². The van der Waals surface area contributed by atoms with Gasteiger partial charge in [0.1, 0.15) is 0 Å². The summed E-state index contributed by atoms with van der Waals surface area (Å²) in [6.45, 7) is 7.87. The maximum atomic E-state index is 11.9. The van der Waals surface area contributed by atoms with E-state index in [-0.39, 0.29) is 11.9 Å². The molecule has 0 N–H and O–H groups in total. The van der Waals surface area contributed by atoms with Crippen molar-refractivity contribution in [1.29, 1.82) is 0 Å². The summed E-state index contributed by atoms with van der Waals surface area (Å²) in [7, 11) is 0. The zero-order valence-corrected chi connectivity index (χ0v) is 10.7. The van der Waals surface area contributed by atoms with Gasteiger partial charge in [0.25, 0.3) is 0 Å². The standard InChI is InChI=1S/C15H18N2O/c1-11-10-17-14(18)8-9-16(17)15(12(11)2)13-6-4-3-5-7-13/h3-7,12,15H,1,8-10H2,2H3. The highest BCUT2D eigenvalue weighted by atomic mass is 16.2. The average Bonchev–Trinajstić information content (AvgIpc) is 2.74. The first-order valence-electron chi connectivity index (χ1n) is 6.48. The molecule has 2 saturated heterocycles. The zero-order valence-electron chi connectivity index (χ0n) is 10.7. The van der Waals surface area contributed by atoms with Crippen LogP contribution in [0, 0.1) is 5.92 Å². The fourth-order valence-corrected chi connectivity index (χ4v) is 3.00. The van der Waals surface area contributed by atoms with E-state index in [1.807, 2.05) is 11.1 Å². The molecule has 3 heteroatoms. The van der Waals surface area contributed by atoms with Gasteiger partial charge in [-0.15, -0.1) is 0 Å². The van der Waals surface area contributed by atoms with Crippen molar-refractivity contribution in [3.05, 3.63) is 48.0 Å². The summed E-state index contributed by atoms with van der Waals surface area (Å²) in [6, 6.07) is 10.7. The molecular formula is C15H18N2O.